The van der Waals surface area contributed by atoms with Crippen LogP contribution >= 0.6 is 0 Å². The Hall–Kier alpha value is -2.75. The summed E-state index contributed by atoms with van der Waals surface area (Å²) in [5, 5.41) is 2.69. The molecule has 0 fully saturated rings. The minimum atomic E-state index is -0.209. The quantitative estimate of drug-likeness (QED) is 0.682. The van der Waals surface area contributed by atoms with Crippen molar-refractivity contribution in [1.29, 1.82) is 0 Å². The number of carbonyl (C=O) groups is 1. The molecule has 0 aliphatic rings. The average Bonchev–Trinajstić information content (AvgIpc) is 2.49. The fourth-order valence-corrected chi connectivity index (χ4v) is 1.57. The van der Waals surface area contributed by atoms with Gasteiger partial charge >= 0.3 is 0 Å². The second kappa shape index (κ2) is 6.99. The maximum absolute atomic E-state index is 11.6. The van der Waals surface area contributed by atoms with E-state index in [2.05, 4.69) is 15.3 Å². The highest BCUT2D eigenvalue weighted by Crippen LogP contribution is 2.14. The zero-order valence-electron chi connectivity index (χ0n) is 11.2. The predicted octanol–water partition coefficient (Wildman–Crippen LogP) is 3.21. The number of aromatic nitrogens is 2. The molecule has 0 saturated heterocycles. The summed E-state index contributed by atoms with van der Waals surface area (Å²) in [7, 11) is 0. The summed E-state index contributed by atoms with van der Waals surface area (Å²) in [6, 6.07) is 9.68. The third kappa shape index (κ3) is 3.88. The zero-order valence-corrected chi connectivity index (χ0v) is 11.2. The molecule has 2 rings (SSSR count). The van der Waals surface area contributed by atoms with Crippen LogP contribution in [0.3, 0.4) is 0 Å². The lowest BCUT2D eigenvalue weighted by Gasteiger charge is -2.03. The first-order valence-corrected chi connectivity index (χ1v) is 6.27. The second-order valence-corrected chi connectivity index (χ2v) is 4.04. The molecule has 0 bridgehead atoms. The Morgan fingerprint density at radius 3 is 2.45 bits per heavy atom. The first-order chi connectivity index (χ1) is 9.79. The number of allylic oxidation sites excluding steroid dienone is 3. The maximum atomic E-state index is 11.6. The van der Waals surface area contributed by atoms with E-state index in [1.165, 1.54) is 6.08 Å². The number of carbonyl (C=O) groups excluding carboxylic acids is 1. The Balaban J connectivity index is 2.04. The summed E-state index contributed by atoms with van der Waals surface area (Å²) in [4.78, 5) is 20.0. The lowest BCUT2D eigenvalue weighted by Crippen LogP contribution is -2.08. The van der Waals surface area contributed by atoms with Crippen LogP contribution in [0.15, 0.2) is 67.0 Å². The lowest BCUT2D eigenvalue weighted by atomic mass is 10.2. The van der Waals surface area contributed by atoms with Gasteiger partial charge in [-0.3, -0.25) is 4.79 Å². The maximum Gasteiger partial charge on any atom is 0.248 e. The number of amides is 1. The molecule has 1 heterocycles. The van der Waals surface area contributed by atoms with Gasteiger partial charge in [0, 0.05) is 11.6 Å². The normalized spacial score (nSPS) is 11.1. The van der Waals surface area contributed by atoms with Gasteiger partial charge in [-0.25, -0.2) is 9.97 Å². The van der Waals surface area contributed by atoms with Crippen LogP contribution in [0, 0.1) is 0 Å². The molecule has 0 aliphatic heterocycles. The van der Waals surface area contributed by atoms with Crippen molar-refractivity contribution >= 4 is 11.6 Å². The molecule has 2 aromatic rings. The van der Waals surface area contributed by atoms with Crippen molar-refractivity contribution in [2.75, 3.05) is 5.32 Å². The van der Waals surface area contributed by atoms with Gasteiger partial charge in [-0.05, 0) is 6.92 Å². The number of nitrogens with one attached hydrogen (secondary N) is 1. The molecule has 0 radical (unpaired) electrons. The van der Waals surface area contributed by atoms with E-state index >= 15 is 0 Å². The molecule has 0 saturated carbocycles. The van der Waals surface area contributed by atoms with Crippen molar-refractivity contribution < 1.29 is 4.79 Å². The Morgan fingerprint density at radius 1 is 1.10 bits per heavy atom. The highest BCUT2D eigenvalue weighted by Gasteiger charge is 2.02. The highest BCUT2D eigenvalue weighted by molar-refractivity contribution is 5.99. The van der Waals surface area contributed by atoms with Gasteiger partial charge in [0.2, 0.25) is 5.91 Å². The lowest BCUT2D eigenvalue weighted by molar-refractivity contribution is -0.111. The molecule has 1 aromatic heterocycles. The second-order valence-electron chi connectivity index (χ2n) is 4.04. The van der Waals surface area contributed by atoms with Gasteiger partial charge in [0.1, 0.15) is 0 Å². The molecule has 4 nitrogen and oxygen atoms in total. The monoisotopic (exact) mass is 265 g/mol. The Morgan fingerprint density at radius 2 is 1.80 bits per heavy atom. The molecule has 4 heteroatoms. The first-order valence-electron chi connectivity index (χ1n) is 6.27. The number of hydrogen-bond acceptors (Lipinski definition) is 3. The molecule has 1 amide bonds. The van der Waals surface area contributed by atoms with E-state index in [-0.39, 0.29) is 5.91 Å². The molecule has 20 heavy (non-hydrogen) atoms. The van der Waals surface area contributed by atoms with Gasteiger partial charge in [0.05, 0.1) is 18.1 Å². The molecule has 0 aliphatic carbocycles. The summed E-state index contributed by atoms with van der Waals surface area (Å²) in [5.74, 6) is 0.423. The Kier molecular flexibility index (Phi) is 4.78. The van der Waals surface area contributed by atoms with Crippen LogP contribution in [0.2, 0.25) is 0 Å². The molecule has 0 spiro atoms. The van der Waals surface area contributed by atoms with Crippen molar-refractivity contribution in [1.82, 2.24) is 9.97 Å². The van der Waals surface area contributed by atoms with Crippen LogP contribution in [0.25, 0.3) is 11.4 Å². The fourth-order valence-electron chi connectivity index (χ4n) is 1.57. The van der Waals surface area contributed by atoms with Gasteiger partial charge < -0.3 is 5.32 Å². The Labute approximate surface area is 117 Å². The standard InChI is InChI=1S/C16H15N3O/c1-2-3-5-10-15(20)19-14-11-17-16(18-12-14)13-8-6-4-7-9-13/h2-12H,1H3,(H,19,20)/b3-2+,10-5+. The van der Waals surface area contributed by atoms with E-state index in [1.54, 1.807) is 24.5 Å². The van der Waals surface area contributed by atoms with Gasteiger partial charge in [0.25, 0.3) is 0 Å². The van der Waals surface area contributed by atoms with Gasteiger partial charge in [0.15, 0.2) is 5.82 Å². The van der Waals surface area contributed by atoms with Crippen LogP contribution in [-0.2, 0) is 4.79 Å². The molecule has 0 unspecified atom stereocenters. The fraction of sp³-hybridized carbons (Fsp3) is 0.0625. The van der Waals surface area contributed by atoms with Crippen LogP contribution in [-0.4, -0.2) is 15.9 Å². The molecule has 100 valence electrons. The third-order valence-corrected chi connectivity index (χ3v) is 2.50. The minimum absolute atomic E-state index is 0.209. The van der Waals surface area contributed by atoms with Crippen LogP contribution in [0.5, 0.6) is 0 Å². The zero-order chi connectivity index (χ0) is 14.2. The van der Waals surface area contributed by atoms with Gasteiger partial charge in [-0.2, -0.15) is 0 Å². The molecule has 1 aromatic carbocycles. The van der Waals surface area contributed by atoms with Crippen molar-refractivity contribution in [3.63, 3.8) is 0 Å². The third-order valence-electron chi connectivity index (χ3n) is 2.50. The number of rotatable bonds is 4. The number of anilines is 1. The van der Waals surface area contributed by atoms with Crippen molar-refractivity contribution in [3.8, 4) is 11.4 Å². The topological polar surface area (TPSA) is 54.9 Å². The summed E-state index contributed by atoms with van der Waals surface area (Å²) < 4.78 is 0. The first kappa shape index (κ1) is 13.7. The van der Waals surface area contributed by atoms with Gasteiger partial charge in [-0.1, -0.05) is 48.6 Å². The largest absolute Gasteiger partial charge is 0.320 e. The van der Waals surface area contributed by atoms with Gasteiger partial charge in [-0.15, -0.1) is 0 Å². The SMILES string of the molecule is C/C=C/C=C/C(=O)Nc1cnc(-c2ccccc2)nc1. The van der Waals surface area contributed by atoms with E-state index in [0.717, 1.165) is 5.56 Å². The number of benzene rings is 1. The Bertz CT molecular complexity index is 616. The van der Waals surface area contributed by atoms with Crippen LogP contribution in [0.1, 0.15) is 6.92 Å². The van der Waals surface area contributed by atoms with Crippen LogP contribution < -0.4 is 5.32 Å². The van der Waals surface area contributed by atoms with E-state index < -0.39 is 0 Å². The van der Waals surface area contributed by atoms with E-state index in [4.69, 9.17) is 0 Å². The number of nitrogens with zero attached hydrogens (tertiary/aromatic N) is 2. The van der Waals surface area contributed by atoms with E-state index in [1.807, 2.05) is 43.3 Å². The van der Waals surface area contributed by atoms with Crippen molar-refractivity contribution in [2.24, 2.45) is 0 Å². The number of hydrogen-bond donors (Lipinski definition) is 1. The minimum Gasteiger partial charge on any atom is -0.320 e. The summed E-state index contributed by atoms with van der Waals surface area (Å²) in [6.07, 6.45) is 9.95. The highest BCUT2D eigenvalue weighted by atomic mass is 16.1. The van der Waals surface area contributed by atoms with E-state index in [9.17, 15) is 4.79 Å². The summed E-state index contributed by atoms with van der Waals surface area (Å²) in [5.41, 5.74) is 1.51. The molecule has 1 N–H and O–H groups in total. The van der Waals surface area contributed by atoms with Crippen molar-refractivity contribution in [3.05, 3.63) is 67.0 Å². The molecular formula is C16H15N3O. The van der Waals surface area contributed by atoms with E-state index in [0.29, 0.717) is 11.5 Å². The molecular weight excluding hydrogens is 250 g/mol. The average molecular weight is 265 g/mol. The summed E-state index contributed by atoms with van der Waals surface area (Å²) >= 11 is 0. The molecule has 0 atom stereocenters. The summed E-state index contributed by atoms with van der Waals surface area (Å²) in [6.45, 7) is 1.89. The van der Waals surface area contributed by atoms with Crippen molar-refractivity contribution in [2.45, 2.75) is 6.92 Å². The predicted molar refractivity (Wildman–Crippen MR) is 80.1 cm³/mol. The smallest absolute Gasteiger partial charge is 0.248 e. The van der Waals surface area contributed by atoms with Crippen LogP contribution in [0.4, 0.5) is 5.69 Å².